The summed E-state index contributed by atoms with van der Waals surface area (Å²) in [4.78, 5) is 18.7. The minimum atomic E-state index is -1.27. The van der Waals surface area contributed by atoms with Crippen LogP contribution in [0.5, 0.6) is 11.5 Å². The Morgan fingerprint density at radius 1 is 1.10 bits per heavy atom. The van der Waals surface area contributed by atoms with Crippen LogP contribution in [0.4, 0.5) is 0 Å². The minimum absolute atomic E-state index is 0.0734. The fourth-order valence-electron chi connectivity index (χ4n) is 4.42. The van der Waals surface area contributed by atoms with Gasteiger partial charge in [0.25, 0.3) is 5.91 Å². The van der Waals surface area contributed by atoms with Gasteiger partial charge in [0.15, 0.2) is 11.6 Å². The molecule has 1 aliphatic heterocycles. The summed E-state index contributed by atoms with van der Waals surface area (Å²) in [6.45, 7) is 4.94. The highest BCUT2D eigenvalue weighted by atomic mass is 79.9. The largest absolute Gasteiger partial charge is 0.497 e. The summed E-state index contributed by atoms with van der Waals surface area (Å²) in [5, 5.41) is 8.98. The normalized spacial score (nSPS) is 18.0. The number of nitrogens with one attached hydrogen (secondary N) is 2. The topological polar surface area (TPSA) is 101 Å². The zero-order chi connectivity index (χ0) is 28.4. The third kappa shape index (κ3) is 7.10. The SMILES string of the molecule is C=CC[C@]1(C(=O)NNCCc2ccc(OC)cc2)N=C(c2ccc(OCCCO)cc2)O[C@H]1c1ccc(Br)cc1. The van der Waals surface area contributed by atoms with Gasteiger partial charge in [-0.05, 0) is 66.1 Å². The molecule has 0 spiro atoms. The Labute approximate surface area is 243 Å². The molecular weight excluding hydrogens is 574 g/mol. The minimum Gasteiger partial charge on any atom is -0.497 e. The molecule has 2 atom stereocenters. The first-order chi connectivity index (χ1) is 19.5. The zero-order valence-corrected chi connectivity index (χ0v) is 24.0. The number of halogens is 1. The summed E-state index contributed by atoms with van der Waals surface area (Å²) in [5.74, 6) is 1.53. The van der Waals surface area contributed by atoms with Crippen LogP contribution in [0.3, 0.4) is 0 Å². The summed E-state index contributed by atoms with van der Waals surface area (Å²) >= 11 is 3.48. The fraction of sp³-hybridized carbons (Fsp3) is 0.290. The van der Waals surface area contributed by atoms with Crippen LogP contribution in [-0.2, 0) is 16.0 Å². The van der Waals surface area contributed by atoms with Crippen LogP contribution < -0.4 is 20.3 Å². The number of rotatable bonds is 14. The average molecular weight is 609 g/mol. The number of nitrogens with zero attached hydrogens (tertiary/aromatic N) is 1. The molecular formula is C31H34BrN3O5. The van der Waals surface area contributed by atoms with Crippen LogP contribution in [0.25, 0.3) is 0 Å². The van der Waals surface area contributed by atoms with Crippen molar-refractivity contribution < 1.29 is 24.1 Å². The maximum atomic E-state index is 13.8. The second kappa shape index (κ2) is 14.1. The molecule has 210 valence electrons. The van der Waals surface area contributed by atoms with Crippen LogP contribution >= 0.6 is 15.9 Å². The summed E-state index contributed by atoms with van der Waals surface area (Å²) in [5.41, 5.74) is 7.31. The van der Waals surface area contributed by atoms with Crippen molar-refractivity contribution in [2.24, 2.45) is 4.99 Å². The smallest absolute Gasteiger partial charge is 0.266 e. The van der Waals surface area contributed by atoms with E-state index in [0.29, 0.717) is 37.6 Å². The van der Waals surface area contributed by atoms with Gasteiger partial charge in [-0.1, -0.05) is 46.3 Å². The predicted octanol–water partition coefficient (Wildman–Crippen LogP) is 4.92. The molecule has 40 heavy (non-hydrogen) atoms. The molecule has 0 saturated carbocycles. The maximum absolute atomic E-state index is 13.8. The van der Waals surface area contributed by atoms with Gasteiger partial charge in [0.05, 0.1) is 13.7 Å². The van der Waals surface area contributed by atoms with Crippen molar-refractivity contribution in [1.82, 2.24) is 10.9 Å². The fourth-order valence-corrected chi connectivity index (χ4v) is 4.69. The molecule has 9 heteroatoms. The second-order valence-corrected chi connectivity index (χ2v) is 10.2. The lowest BCUT2D eigenvalue weighted by molar-refractivity contribution is -0.129. The van der Waals surface area contributed by atoms with E-state index in [9.17, 15) is 4.79 Å². The van der Waals surface area contributed by atoms with Gasteiger partial charge < -0.3 is 19.3 Å². The van der Waals surface area contributed by atoms with Crippen LogP contribution in [0.15, 0.2) is 94.9 Å². The average Bonchev–Trinajstić information content (AvgIpc) is 3.37. The number of amides is 1. The van der Waals surface area contributed by atoms with Crippen molar-refractivity contribution in [2.45, 2.75) is 30.9 Å². The second-order valence-electron chi connectivity index (χ2n) is 9.31. The van der Waals surface area contributed by atoms with E-state index in [1.54, 1.807) is 13.2 Å². The van der Waals surface area contributed by atoms with Crippen molar-refractivity contribution in [1.29, 1.82) is 0 Å². The van der Waals surface area contributed by atoms with Crippen LogP contribution in [-0.4, -0.2) is 49.3 Å². The van der Waals surface area contributed by atoms with E-state index in [2.05, 4.69) is 33.4 Å². The standard InChI is InChI=1S/C31H34BrN3O5/c1-3-18-31(30(37)35-33-19-17-22-5-13-26(38-2)14-6-22)28(23-7-11-25(32)12-8-23)40-29(34-31)24-9-15-27(16-10-24)39-21-4-20-36/h3,5-16,28,33,36H,1,4,17-21H2,2H3,(H,35,37)/t28-,31-/m0/s1. The molecule has 8 nitrogen and oxygen atoms in total. The lowest BCUT2D eigenvalue weighted by Gasteiger charge is -2.29. The number of carbonyl (C=O) groups is 1. The van der Waals surface area contributed by atoms with Crippen LogP contribution in [0, 0.1) is 0 Å². The van der Waals surface area contributed by atoms with E-state index >= 15 is 0 Å². The number of aliphatic hydroxyl groups is 1. The monoisotopic (exact) mass is 607 g/mol. The number of hydrogen-bond donors (Lipinski definition) is 3. The summed E-state index contributed by atoms with van der Waals surface area (Å²) < 4.78 is 18.2. The lowest BCUT2D eigenvalue weighted by atomic mass is 9.84. The van der Waals surface area contributed by atoms with Gasteiger partial charge in [0.2, 0.25) is 5.90 Å². The Morgan fingerprint density at radius 3 is 2.45 bits per heavy atom. The van der Waals surface area contributed by atoms with Gasteiger partial charge in [0.1, 0.15) is 11.5 Å². The Kier molecular flexibility index (Phi) is 10.3. The van der Waals surface area contributed by atoms with Gasteiger partial charge in [-0.15, -0.1) is 6.58 Å². The van der Waals surface area contributed by atoms with Gasteiger partial charge >= 0.3 is 0 Å². The Bertz CT molecular complexity index is 1300. The molecule has 4 rings (SSSR count). The van der Waals surface area contributed by atoms with Crippen LogP contribution in [0.2, 0.25) is 0 Å². The quantitative estimate of drug-likeness (QED) is 0.137. The van der Waals surface area contributed by atoms with E-state index in [1.807, 2.05) is 72.8 Å². The third-order valence-corrected chi connectivity index (χ3v) is 7.09. The molecule has 0 saturated heterocycles. The maximum Gasteiger partial charge on any atom is 0.266 e. The predicted molar refractivity (Wildman–Crippen MR) is 159 cm³/mol. The Hall–Kier alpha value is -3.66. The molecule has 0 aromatic heterocycles. The number of ether oxygens (including phenoxy) is 3. The summed E-state index contributed by atoms with van der Waals surface area (Å²) in [7, 11) is 1.64. The van der Waals surface area contributed by atoms with Crippen molar-refractivity contribution in [3.05, 3.63) is 107 Å². The summed E-state index contributed by atoms with van der Waals surface area (Å²) in [6, 6.07) is 22.8. The number of hydrogen-bond acceptors (Lipinski definition) is 7. The number of hydrazine groups is 1. The first-order valence-electron chi connectivity index (χ1n) is 13.1. The number of aliphatic hydroxyl groups excluding tert-OH is 1. The molecule has 0 fully saturated rings. The molecule has 0 bridgehead atoms. The molecule has 1 aliphatic rings. The van der Waals surface area contributed by atoms with E-state index in [4.69, 9.17) is 24.3 Å². The number of aliphatic imine (C=N–C) groups is 1. The Balaban J connectivity index is 1.54. The van der Waals surface area contributed by atoms with Gasteiger partial charge in [0, 0.05) is 36.0 Å². The highest BCUT2D eigenvalue weighted by Gasteiger charge is 2.52. The van der Waals surface area contributed by atoms with Crippen molar-refractivity contribution >= 4 is 27.7 Å². The molecule has 3 N–H and O–H groups in total. The highest BCUT2D eigenvalue weighted by molar-refractivity contribution is 9.10. The molecule has 0 aliphatic carbocycles. The third-order valence-electron chi connectivity index (χ3n) is 6.56. The number of methoxy groups -OCH3 is 1. The molecule has 1 amide bonds. The highest BCUT2D eigenvalue weighted by Crippen LogP contribution is 2.43. The molecule has 0 radical (unpaired) electrons. The van der Waals surface area contributed by atoms with Gasteiger partial charge in [-0.2, -0.15) is 0 Å². The zero-order valence-electron chi connectivity index (χ0n) is 22.4. The van der Waals surface area contributed by atoms with Crippen LogP contribution in [0.1, 0.15) is 35.6 Å². The van der Waals surface area contributed by atoms with Gasteiger partial charge in [-0.3, -0.25) is 10.2 Å². The Morgan fingerprint density at radius 2 is 1.80 bits per heavy atom. The first-order valence-corrected chi connectivity index (χ1v) is 13.9. The first kappa shape index (κ1) is 29.3. The summed E-state index contributed by atoms with van der Waals surface area (Å²) in [6.07, 6.45) is 2.56. The van der Waals surface area contributed by atoms with E-state index in [-0.39, 0.29) is 18.9 Å². The molecule has 3 aromatic rings. The molecule has 0 unspecified atom stereocenters. The van der Waals surface area contributed by atoms with E-state index < -0.39 is 11.6 Å². The van der Waals surface area contributed by atoms with E-state index in [1.165, 1.54) is 0 Å². The van der Waals surface area contributed by atoms with E-state index in [0.717, 1.165) is 26.9 Å². The number of benzene rings is 3. The molecule has 1 heterocycles. The van der Waals surface area contributed by atoms with Gasteiger partial charge in [-0.25, -0.2) is 10.4 Å². The lowest BCUT2D eigenvalue weighted by Crippen LogP contribution is -2.52. The van der Waals surface area contributed by atoms with Crippen molar-refractivity contribution in [2.75, 3.05) is 26.9 Å². The molecule has 3 aromatic carbocycles. The van der Waals surface area contributed by atoms with Crippen molar-refractivity contribution in [3.63, 3.8) is 0 Å². The van der Waals surface area contributed by atoms with Crippen molar-refractivity contribution in [3.8, 4) is 11.5 Å². The number of carbonyl (C=O) groups excluding carboxylic acids is 1.